The molecule has 2 N–H and O–H groups in total. The number of hydrogen-bond donors (Lipinski definition) is 1. The molecule has 1 atom stereocenters. The zero-order valence-electron chi connectivity index (χ0n) is 7.97. The topological polar surface area (TPSA) is 16.6 Å². The van der Waals surface area contributed by atoms with E-state index in [1.807, 2.05) is 0 Å². The van der Waals surface area contributed by atoms with Gasteiger partial charge in [-0.05, 0) is 32.1 Å². The van der Waals surface area contributed by atoms with E-state index in [0.29, 0.717) is 0 Å². The van der Waals surface area contributed by atoms with Crippen molar-refractivity contribution in [2.75, 3.05) is 6.54 Å². The van der Waals surface area contributed by atoms with Gasteiger partial charge in [0.15, 0.2) is 0 Å². The molecule has 1 saturated heterocycles. The van der Waals surface area contributed by atoms with Crippen molar-refractivity contribution in [3.63, 3.8) is 0 Å². The zero-order valence-corrected chi connectivity index (χ0v) is 7.97. The minimum atomic E-state index is 0.957. The fourth-order valence-corrected chi connectivity index (χ4v) is 2.30. The summed E-state index contributed by atoms with van der Waals surface area (Å²) in [4.78, 5) is 0. The van der Waals surface area contributed by atoms with Gasteiger partial charge in [-0.2, -0.15) is 0 Å². The summed E-state index contributed by atoms with van der Waals surface area (Å²) in [6.07, 6.45) is 7.12. The van der Waals surface area contributed by atoms with Crippen LogP contribution in [0.3, 0.4) is 0 Å². The molecule has 0 radical (unpaired) electrons. The lowest BCUT2D eigenvalue weighted by Gasteiger charge is -2.26. The Hall–Kier alpha value is -0.0400. The molecule has 11 heavy (non-hydrogen) atoms. The highest BCUT2D eigenvalue weighted by Gasteiger charge is 2.23. The van der Waals surface area contributed by atoms with Gasteiger partial charge in [0.25, 0.3) is 0 Å². The monoisotopic (exact) mass is 156 g/mol. The molecule has 1 nitrogen and oxygen atoms in total. The van der Waals surface area contributed by atoms with Crippen molar-refractivity contribution >= 4 is 0 Å². The molecule has 0 saturated carbocycles. The first-order valence-electron chi connectivity index (χ1n) is 5.21. The number of rotatable bonds is 3. The van der Waals surface area contributed by atoms with Gasteiger partial charge in [-0.3, -0.25) is 0 Å². The summed E-state index contributed by atoms with van der Waals surface area (Å²) in [5, 5.41) is 2.57. The average molecular weight is 156 g/mol. The Morgan fingerprint density at radius 3 is 2.45 bits per heavy atom. The molecule has 0 aliphatic carbocycles. The molecule has 1 heteroatoms. The first-order valence-corrected chi connectivity index (χ1v) is 5.21. The van der Waals surface area contributed by atoms with Gasteiger partial charge in [-0.15, -0.1) is 0 Å². The molecule has 0 aromatic carbocycles. The zero-order chi connectivity index (χ0) is 8.10. The fourth-order valence-electron chi connectivity index (χ4n) is 2.30. The SMILES string of the molecule is CCC(CC)[C@@H]1CCCC[NH2+]1. The summed E-state index contributed by atoms with van der Waals surface area (Å²) in [5.74, 6) is 0.982. The smallest absolute Gasteiger partial charge is 0.0887 e. The van der Waals surface area contributed by atoms with E-state index in [2.05, 4.69) is 19.2 Å². The van der Waals surface area contributed by atoms with Crippen molar-refractivity contribution < 1.29 is 5.32 Å². The quantitative estimate of drug-likeness (QED) is 0.638. The molecular formula is C10H22N+. The molecule has 0 unspecified atom stereocenters. The van der Waals surface area contributed by atoms with Crippen molar-refractivity contribution in [2.24, 2.45) is 5.92 Å². The summed E-state index contributed by atoms with van der Waals surface area (Å²) in [6, 6.07) is 0.957. The highest BCUT2D eigenvalue weighted by Crippen LogP contribution is 2.16. The predicted octanol–water partition coefficient (Wildman–Crippen LogP) is 1.54. The lowest BCUT2D eigenvalue weighted by Crippen LogP contribution is -2.92. The van der Waals surface area contributed by atoms with E-state index in [4.69, 9.17) is 0 Å². The van der Waals surface area contributed by atoms with Crippen LogP contribution in [0.25, 0.3) is 0 Å². The largest absolute Gasteiger partial charge is 0.344 e. The van der Waals surface area contributed by atoms with Gasteiger partial charge >= 0.3 is 0 Å². The molecule has 1 fully saturated rings. The summed E-state index contributed by atoms with van der Waals surface area (Å²) in [5.41, 5.74) is 0. The molecule has 1 heterocycles. The predicted molar refractivity (Wildman–Crippen MR) is 48.5 cm³/mol. The maximum Gasteiger partial charge on any atom is 0.0887 e. The Labute approximate surface area is 70.6 Å². The van der Waals surface area contributed by atoms with Gasteiger partial charge < -0.3 is 5.32 Å². The molecule has 0 aromatic heterocycles. The molecule has 1 rings (SSSR count). The van der Waals surface area contributed by atoms with E-state index in [1.165, 1.54) is 38.6 Å². The maximum atomic E-state index is 2.57. The molecule has 0 spiro atoms. The molecule has 0 amide bonds. The highest BCUT2D eigenvalue weighted by atomic mass is 14.9. The Morgan fingerprint density at radius 2 is 2.00 bits per heavy atom. The normalized spacial score (nSPS) is 25.9. The van der Waals surface area contributed by atoms with Crippen molar-refractivity contribution in [1.29, 1.82) is 0 Å². The van der Waals surface area contributed by atoms with Crippen LogP contribution in [-0.2, 0) is 0 Å². The van der Waals surface area contributed by atoms with Crippen LogP contribution < -0.4 is 5.32 Å². The fraction of sp³-hybridized carbons (Fsp3) is 1.00. The molecule has 66 valence electrons. The number of nitrogens with two attached hydrogens (primary N) is 1. The van der Waals surface area contributed by atoms with Gasteiger partial charge in [0.05, 0.1) is 12.6 Å². The van der Waals surface area contributed by atoms with Crippen molar-refractivity contribution in [1.82, 2.24) is 0 Å². The molecule has 0 aromatic rings. The minimum absolute atomic E-state index is 0.957. The van der Waals surface area contributed by atoms with Gasteiger partial charge in [-0.1, -0.05) is 13.8 Å². The lowest BCUT2D eigenvalue weighted by atomic mass is 9.88. The Kier molecular flexibility index (Phi) is 3.92. The van der Waals surface area contributed by atoms with Crippen LogP contribution in [-0.4, -0.2) is 12.6 Å². The van der Waals surface area contributed by atoms with Crippen LogP contribution in [0.5, 0.6) is 0 Å². The number of hydrogen-bond acceptors (Lipinski definition) is 0. The molecular weight excluding hydrogens is 134 g/mol. The number of piperidine rings is 1. The Morgan fingerprint density at radius 1 is 1.27 bits per heavy atom. The third kappa shape index (κ3) is 2.48. The van der Waals surface area contributed by atoms with E-state index >= 15 is 0 Å². The van der Waals surface area contributed by atoms with E-state index in [9.17, 15) is 0 Å². The molecule has 1 aliphatic rings. The Bertz CT molecular complexity index is 91.0. The first-order chi connectivity index (χ1) is 5.38. The first kappa shape index (κ1) is 9.05. The number of quaternary nitrogens is 1. The standard InChI is InChI=1S/C10H21N/c1-3-9(4-2)10-7-5-6-8-11-10/h9-11H,3-8H2,1-2H3/p+1/t10-/m0/s1. The lowest BCUT2D eigenvalue weighted by molar-refractivity contribution is -0.704. The van der Waals surface area contributed by atoms with Gasteiger partial charge in [0.1, 0.15) is 0 Å². The Balaban J connectivity index is 2.30. The third-order valence-corrected chi connectivity index (χ3v) is 3.12. The van der Waals surface area contributed by atoms with Crippen LogP contribution in [0.1, 0.15) is 46.0 Å². The minimum Gasteiger partial charge on any atom is -0.344 e. The van der Waals surface area contributed by atoms with Crippen LogP contribution in [0, 0.1) is 5.92 Å². The average Bonchev–Trinajstić information content (AvgIpc) is 2.09. The second-order valence-corrected chi connectivity index (χ2v) is 3.76. The summed E-state index contributed by atoms with van der Waals surface area (Å²) in [7, 11) is 0. The third-order valence-electron chi connectivity index (χ3n) is 3.12. The van der Waals surface area contributed by atoms with Crippen molar-refractivity contribution in [2.45, 2.75) is 52.0 Å². The van der Waals surface area contributed by atoms with Crippen LogP contribution in [0.4, 0.5) is 0 Å². The van der Waals surface area contributed by atoms with Crippen LogP contribution in [0.2, 0.25) is 0 Å². The second-order valence-electron chi connectivity index (χ2n) is 3.76. The van der Waals surface area contributed by atoms with Crippen molar-refractivity contribution in [3.05, 3.63) is 0 Å². The highest BCUT2D eigenvalue weighted by molar-refractivity contribution is 4.67. The van der Waals surface area contributed by atoms with E-state index < -0.39 is 0 Å². The van der Waals surface area contributed by atoms with Crippen LogP contribution in [0.15, 0.2) is 0 Å². The van der Waals surface area contributed by atoms with E-state index in [0.717, 1.165) is 12.0 Å². The van der Waals surface area contributed by atoms with Gasteiger partial charge in [-0.25, -0.2) is 0 Å². The summed E-state index contributed by atoms with van der Waals surface area (Å²) < 4.78 is 0. The van der Waals surface area contributed by atoms with E-state index in [-0.39, 0.29) is 0 Å². The van der Waals surface area contributed by atoms with Gasteiger partial charge in [0, 0.05) is 5.92 Å². The van der Waals surface area contributed by atoms with E-state index in [1.54, 1.807) is 0 Å². The summed E-state index contributed by atoms with van der Waals surface area (Å²) in [6.45, 7) is 6.04. The second kappa shape index (κ2) is 4.76. The summed E-state index contributed by atoms with van der Waals surface area (Å²) >= 11 is 0. The van der Waals surface area contributed by atoms with Crippen molar-refractivity contribution in [3.8, 4) is 0 Å². The van der Waals surface area contributed by atoms with Crippen LogP contribution >= 0.6 is 0 Å². The van der Waals surface area contributed by atoms with Gasteiger partial charge in [0.2, 0.25) is 0 Å². The maximum absolute atomic E-state index is 2.57. The molecule has 1 aliphatic heterocycles. The molecule has 0 bridgehead atoms.